The monoisotopic (exact) mass is 337 g/mol. The van der Waals surface area contributed by atoms with Crippen LogP contribution in [-0.2, 0) is 0 Å². The number of carbonyl (C=O) groups is 1. The average Bonchev–Trinajstić information content (AvgIpc) is 2.96. The van der Waals surface area contributed by atoms with E-state index >= 15 is 0 Å². The van der Waals surface area contributed by atoms with E-state index in [4.69, 9.17) is 10.5 Å². The Morgan fingerprint density at radius 1 is 1.04 bits per heavy atom. The van der Waals surface area contributed by atoms with Crippen molar-refractivity contribution in [1.29, 1.82) is 0 Å². The molecule has 2 bridgehead atoms. The van der Waals surface area contributed by atoms with Gasteiger partial charge in [0.1, 0.15) is 11.5 Å². The molecule has 130 valence electrons. The van der Waals surface area contributed by atoms with Crippen LogP contribution < -0.4 is 15.8 Å². The van der Waals surface area contributed by atoms with Crippen molar-refractivity contribution in [2.75, 3.05) is 25.4 Å². The summed E-state index contributed by atoms with van der Waals surface area (Å²) in [5, 5.41) is 3.18. The van der Waals surface area contributed by atoms with E-state index in [2.05, 4.69) is 10.2 Å². The molecule has 3 N–H and O–H groups in total. The summed E-state index contributed by atoms with van der Waals surface area (Å²) in [5.41, 5.74) is 7.03. The third-order valence-electron chi connectivity index (χ3n) is 5.03. The van der Waals surface area contributed by atoms with Gasteiger partial charge in [0.2, 0.25) is 0 Å². The van der Waals surface area contributed by atoms with Gasteiger partial charge in [-0.25, -0.2) is 0 Å². The van der Waals surface area contributed by atoms with Crippen molar-refractivity contribution in [3.05, 3.63) is 54.1 Å². The highest BCUT2D eigenvalue weighted by molar-refractivity contribution is 5.94. The van der Waals surface area contributed by atoms with Crippen molar-refractivity contribution < 1.29 is 9.53 Å². The quantitative estimate of drug-likeness (QED) is 0.842. The first-order valence-corrected chi connectivity index (χ1v) is 8.82. The van der Waals surface area contributed by atoms with Gasteiger partial charge in [-0.3, -0.25) is 4.79 Å². The predicted molar refractivity (Wildman–Crippen MR) is 97.8 cm³/mol. The lowest BCUT2D eigenvalue weighted by molar-refractivity contribution is 0.0909. The Balaban J connectivity index is 1.36. The van der Waals surface area contributed by atoms with E-state index in [1.807, 2.05) is 24.3 Å². The molecule has 2 saturated heterocycles. The Morgan fingerprint density at radius 2 is 1.72 bits per heavy atom. The Labute approximate surface area is 147 Å². The molecule has 1 amide bonds. The van der Waals surface area contributed by atoms with Gasteiger partial charge in [0, 0.05) is 30.4 Å². The Bertz CT molecular complexity index is 731. The van der Waals surface area contributed by atoms with E-state index in [1.54, 1.807) is 24.3 Å². The number of piperidine rings is 1. The van der Waals surface area contributed by atoms with E-state index in [0.717, 1.165) is 24.6 Å². The highest BCUT2D eigenvalue weighted by Gasteiger charge is 2.32. The van der Waals surface area contributed by atoms with Crippen molar-refractivity contribution in [2.24, 2.45) is 5.92 Å². The van der Waals surface area contributed by atoms with Gasteiger partial charge >= 0.3 is 0 Å². The smallest absolute Gasteiger partial charge is 0.251 e. The summed E-state index contributed by atoms with van der Waals surface area (Å²) in [5.74, 6) is 2.16. The Morgan fingerprint density at radius 3 is 2.40 bits per heavy atom. The first-order chi connectivity index (χ1) is 12.2. The SMILES string of the molecule is Nc1ccc(Oc2ccc(C(=O)NC3CC4CCN(C4)C3)cc2)cc1. The van der Waals surface area contributed by atoms with Crippen LogP contribution in [0.1, 0.15) is 23.2 Å². The largest absolute Gasteiger partial charge is 0.457 e. The number of fused-ring (bicyclic) bond motifs is 2. The van der Waals surface area contributed by atoms with E-state index < -0.39 is 0 Å². The Hall–Kier alpha value is -2.53. The molecule has 2 aromatic rings. The van der Waals surface area contributed by atoms with E-state index in [-0.39, 0.29) is 11.9 Å². The van der Waals surface area contributed by atoms with Gasteiger partial charge < -0.3 is 20.7 Å². The number of nitrogens with zero attached hydrogens (tertiary/aromatic N) is 1. The molecule has 2 aliphatic rings. The maximum atomic E-state index is 12.5. The van der Waals surface area contributed by atoms with E-state index in [9.17, 15) is 4.79 Å². The summed E-state index contributed by atoms with van der Waals surface area (Å²) >= 11 is 0. The van der Waals surface area contributed by atoms with Crippen molar-refractivity contribution >= 4 is 11.6 Å². The lowest BCUT2D eigenvalue weighted by Crippen LogP contribution is -2.46. The summed E-state index contributed by atoms with van der Waals surface area (Å²) in [7, 11) is 0. The van der Waals surface area contributed by atoms with Crippen LogP contribution in [0.25, 0.3) is 0 Å². The van der Waals surface area contributed by atoms with Crippen molar-refractivity contribution in [2.45, 2.75) is 18.9 Å². The lowest BCUT2D eigenvalue weighted by Gasteiger charge is -2.30. The number of benzene rings is 2. The zero-order chi connectivity index (χ0) is 17.2. The summed E-state index contributed by atoms with van der Waals surface area (Å²) in [6.07, 6.45) is 2.37. The highest BCUT2D eigenvalue weighted by Crippen LogP contribution is 2.27. The third-order valence-corrected chi connectivity index (χ3v) is 5.03. The van der Waals surface area contributed by atoms with Gasteiger partial charge in [-0.15, -0.1) is 0 Å². The molecule has 25 heavy (non-hydrogen) atoms. The minimum absolute atomic E-state index is 0.00784. The van der Waals surface area contributed by atoms with Crippen LogP contribution in [0, 0.1) is 5.92 Å². The maximum absolute atomic E-state index is 12.5. The second kappa shape index (κ2) is 6.76. The molecule has 5 heteroatoms. The molecule has 3 atom stereocenters. The molecule has 0 saturated carbocycles. The van der Waals surface area contributed by atoms with Gasteiger partial charge in [0.05, 0.1) is 0 Å². The normalized spacial score (nSPS) is 24.7. The molecule has 5 nitrogen and oxygen atoms in total. The molecule has 2 heterocycles. The first-order valence-electron chi connectivity index (χ1n) is 8.82. The summed E-state index contributed by atoms with van der Waals surface area (Å²) < 4.78 is 5.76. The molecule has 0 radical (unpaired) electrons. The molecule has 2 aliphatic heterocycles. The molecule has 2 fully saturated rings. The number of ether oxygens (including phenoxy) is 1. The fourth-order valence-corrected chi connectivity index (χ4v) is 3.78. The third kappa shape index (κ3) is 3.77. The molecule has 2 aromatic carbocycles. The van der Waals surface area contributed by atoms with Crippen LogP contribution >= 0.6 is 0 Å². The molecular formula is C20H23N3O2. The predicted octanol–water partition coefficient (Wildman–Crippen LogP) is 2.89. The molecule has 0 aliphatic carbocycles. The fraction of sp³-hybridized carbons (Fsp3) is 0.350. The summed E-state index contributed by atoms with van der Waals surface area (Å²) in [6, 6.07) is 14.7. The number of carbonyl (C=O) groups excluding carboxylic acids is 1. The second-order valence-corrected chi connectivity index (χ2v) is 7.02. The minimum atomic E-state index is -0.00784. The van der Waals surface area contributed by atoms with Crippen LogP contribution in [0.3, 0.4) is 0 Å². The minimum Gasteiger partial charge on any atom is -0.457 e. The van der Waals surface area contributed by atoms with Gasteiger partial charge in [-0.2, -0.15) is 0 Å². The van der Waals surface area contributed by atoms with E-state index in [1.165, 1.54) is 19.5 Å². The summed E-state index contributed by atoms with van der Waals surface area (Å²) in [4.78, 5) is 14.9. The number of amides is 1. The van der Waals surface area contributed by atoms with Crippen LogP contribution in [0.15, 0.2) is 48.5 Å². The maximum Gasteiger partial charge on any atom is 0.251 e. The van der Waals surface area contributed by atoms with Crippen molar-refractivity contribution in [1.82, 2.24) is 10.2 Å². The number of nitrogens with one attached hydrogen (secondary N) is 1. The average molecular weight is 337 g/mol. The number of rotatable bonds is 4. The van der Waals surface area contributed by atoms with Crippen LogP contribution in [0.4, 0.5) is 5.69 Å². The van der Waals surface area contributed by atoms with E-state index in [0.29, 0.717) is 17.0 Å². The highest BCUT2D eigenvalue weighted by atomic mass is 16.5. The molecule has 3 unspecified atom stereocenters. The van der Waals surface area contributed by atoms with Crippen LogP contribution in [-0.4, -0.2) is 36.5 Å². The Kier molecular flexibility index (Phi) is 4.32. The standard InChI is InChI=1S/C20H23N3O2/c21-16-3-7-19(8-4-16)25-18-5-1-15(2-6-18)20(24)22-17-11-14-9-10-23(12-14)13-17/h1-8,14,17H,9-13,21H2,(H,22,24). The number of anilines is 1. The number of hydrogen-bond acceptors (Lipinski definition) is 4. The number of hydrogen-bond donors (Lipinski definition) is 2. The molecule has 4 rings (SSSR count). The van der Waals surface area contributed by atoms with Crippen LogP contribution in [0.2, 0.25) is 0 Å². The lowest BCUT2D eigenvalue weighted by atomic mass is 9.96. The van der Waals surface area contributed by atoms with Gasteiger partial charge in [-0.05, 0) is 73.8 Å². The topological polar surface area (TPSA) is 67.6 Å². The van der Waals surface area contributed by atoms with Crippen molar-refractivity contribution in [3.63, 3.8) is 0 Å². The zero-order valence-electron chi connectivity index (χ0n) is 14.2. The first kappa shape index (κ1) is 16.0. The molecule has 0 aromatic heterocycles. The summed E-state index contributed by atoms with van der Waals surface area (Å²) in [6.45, 7) is 3.35. The molecular weight excluding hydrogens is 314 g/mol. The van der Waals surface area contributed by atoms with Crippen molar-refractivity contribution in [3.8, 4) is 11.5 Å². The number of nitrogen functional groups attached to an aromatic ring is 1. The van der Waals surface area contributed by atoms with Crippen LogP contribution in [0.5, 0.6) is 11.5 Å². The second-order valence-electron chi connectivity index (χ2n) is 7.02. The van der Waals surface area contributed by atoms with Gasteiger partial charge in [0.15, 0.2) is 0 Å². The fourth-order valence-electron chi connectivity index (χ4n) is 3.78. The zero-order valence-corrected chi connectivity index (χ0v) is 14.2. The van der Waals surface area contributed by atoms with Gasteiger partial charge in [0.25, 0.3) is 5.91 Å². The van der Waals surface area contributed by atoms with Gasteiger partial charge in [-0.1, -0.05) is 0 Å². The number of nitrogens with two attached hydrogens (primary N) is 1. The molecule has 0 spiro atoms.